The van der Waals surface area contributed by atoms with Gasteiger partial charge in [0.25, 0.3) is 0 Å². The minimum absolute atomic E-state index is 0.201. The maximum atomic E-state index is 12.3. The second kappa shape index (κ2) is 11.3. The Balaban J connectivity index is 1.59. The molecule has 0 saturated heterocycles. The van der Waals surface area contributed by atoms with Crippen LogP contribution in [0.3, 0.4) is 0 Å². The number of halogens is 2. The maximum absolute atomic E-state index is 12.3. The van der Waals surface area contributed by atoms with Gasteiger partial charge in [0.05, 0.1) is 18.9 Å². The number of nitrogens with one attached hydrogen (secondary N) is 2. The van der Waals surface area contributed by atoms with Crippen molar-refractivity contribution < 1.29 is 23.9 Å². The van der Waals surface area contributed by atoms with Crippen LogP contribution >= 0.6 is 27.5 Å². The molecule has 2 amide bonds. The van der Waals surface area contributed by atoms with Crippen molar-refractivity contribution in [3.05, 3.63) is 87.4 Å². The van der Waals surface area contributed by atoms with Crippen molar-refractivity contribution >= 4 is 57.2 Å². The van der Waals surface area contributed by atoms with Crippen LogP contribution in [0.4, 0.5) is 5.69 Å². The van der Waals surface area contributed by atoms with Crippen molar-refractivity contribution in [2.45, 2.75) is 0 Å². The van der Waals surface area contributed by atoms with Crippen molar-refractivity contribution in [2.24, 2.45) is 5.10 Å². The number of rotatable bonds is 6. The molecule has 2 N–H and O–H groups in total. The molecule has 0 fully saturated rings. The topological polar surface area (TPSA) is 106 Å². The Kier molecular flexibility index (Phi) is 8.17. The Morgan fingerprint density at radius 3 is 2.30 bits per heavy atom. The van der Waals surface area contributed by atoms with E-state index < -0.39 is 17.8 Å². The third-order valence-electron chi connectivity index (χ3n) is 4.16. The van der Waals surface area contributed by atoms with E-state index in [1.807, 2.05) is 0 Å². The molecule has 3 aromatic rings. The largest absolute Gasteiger partial charge is 0.493 e. The van der Waals surface area contributed by atoms with Crippen molar-refractivity contribution in [3.8, 4) is 11.5 Å². The average molecular weight is 531 g/mol. The standard InChI is InChI=1S/C23H17BrClN3O5/c1-32-20-12-14(2-11-19(20)33-23(31)15-3-7-17(25)8-4-15)13-26-28-22(30)21(29)27-18-9-5-16(24)6-10-18/h2-13H,1H3,(H,27,29)(H,28,30)/b26-13-. The molecule has 3 rings (SSSR count). The van der Waals surface area contributed by atoms with E-state index in [1.165, 1.54) is 19.4 Å². The molecule has 0 aliphatic carbocycles. The number of hydrogen-bond donors (Lipinski definition) is 2. The minimum atomic E-state index is -0.936. The Hall–Kier alpha value is -3.69. The van der Waals surface area contributed by atoms with Crippen LogP contribution in [0.15, 0.2) is 76.3 Å². The summed E-state index contributed by atoms with van der Waals surface area (Å²) >= 11 is 9.11. The van der Waals surface area contributed by atoms with Crippen molar-refractivity contribution in [1.82, 2.24) is 5.43 Å². The third-order valence-corrected chi connectivity index (χ3v) is 4.94. The highest BCUT2D eigenvalue weighted by molar-refractivity contribution is 9.10. The van der Waals surface area contributed by atoms with E-state index in [0.717, 1.165) is 4.47 Å². The first kappa shape index (κ1) is 24.0. The van der Waals surface area contributed by atoms with Crippen LogP contribution in [0.2, 0.25) is 5.02 Å². The first-order valence-electron chi connectivity index (χ1n) is 9.41. The molecule has 0 aromatic heterocycles. The quantitative estimate of drug-likeness (QED) is 0.161. The molecule has 3 aromatic carbocycles. The highest BCUT2D eigenvalue weighted by Crippen LogP contribution is 2.28. The summed E-state index contributed by atoms with van der Waals surface area (Å²) in [6.07, 6.45) is 1.32. The van der Waals surface area contributed by atoms with Crippen LogP contribution in [0.5, 0.6) is 11.5 Å². The fourth-order valence-electron chi connectivity index (χ4n) is 2.53. The average Bonchev–Trinajstić information content (AvgIpc) is 2.81. The van der Waals surface area contributed by atoms with E-state index in [9.17, 15) is 14.4 Å². The zero-order chi connectivity index (χ0) is 23.8. The summed E-state index contributed by atoms with van der Waals surface area (Å²) < 4.78 is 11.5. The highest BCUT2D eigenvalue weighted by Gasteiger charge is 2.14. The van der Waals surface area contributed by atoms with Crippen molar-refractivity contribution in [3.63, 3.8) is 0 Å². The van der Waals surface area contributed by atoms with Crippen LogP contribution in [0.25, 0.3) is 0 Å². The molecule has 0 spiro atoms. The Labute approximate surface area is 202 Å². The molecule has 0 radical (unpaired) electrons. The number of hydrogen-bond acceptors (Lipinski definition) is 6. The number of ether oxygens (including phenoxy) is 2. The van der Waals surface area contributed by atoms with Crippen molar-refractivity contribution in [1.29, 1.82) is 0 Å². The van der Waals surface area contributed by atoms with Gasteiger partial charge in [0.1, 0.15) is 0 Å². The van der Waals surface area contributed by atoms with E-state index in [2.05, 4.69) is 31.8 Å². The molecule has 33 heavy (non-hydrogen) atoms. The molecule has 0 bridgehead atoms. The summed E-state index contributed by atoms with van der Waals surface area (Å²) in [5.74, 6) is -1.89. The second-order valence-corrected chi connectivity index (χ2v) is 7.82. The highest BCUT2D eigenvalue weighted by atomic mass is 79.9. The fraction of sp³-hybridized carbons (Fsp3) is 0.0435. The fourth-order valence-corrected chi connectivity index (χ4v) is 2.92. The lowest BCUT2D eigenvalue weighted by molar-refractivity contribution is -0.136. The predicted octanol–water partition coefficient (Wildman–Crippen LogP) is 4.42. The van der Waals surface area contributed by atoms with Crippen LogP contribution < -0.4 is 20.2 Å². The van der Waals surface area contributed by atoms with Gasteiger partial charge in [-0.2, -0.15) is 5.10 Å². The smallest absolute Gasteiger partial charge is 0.343 e. The number of anilines is 1. The second-order valence-electron chi connectivity index (χ2n) is 6.47. The number of carbonyl (C=O) groups is 3. The molecule has 0 aliphatic rings. The summed E-state index contributed by atoms with van der Waals surface area (Å²) in [5, 5.41) is 6.73. The number of amides is 2. The lowest BCUT2D eigenvalue weighted by Gasteiger charge is -2.10. The molecule has 8 nitrogen and oxygen atoms in total. The van der Waals surface area contributed by atoms with Crippen molar-refractivity contribution in [2.75, 3.05) is 12.4 Å². The summed E-state index contributed by atoms with van der Waals surface area (Å²) in [6, 6.07) is 17.7. The zero-order valence-electron chi connectivity index (χ0n) is 17.2. The minimum Gasteiger partial charge on any atom is -0.493 e. The summed E-state index contributed by atoms with van der Waals surface area (Å²) in [5.41, 5.74) is 3.48. The Bertz CT molecular complexity index is 1200. The molecular weight excluding hydrogens is 514 g/mol. The summed E-state index contributed by atoms with van der Waals surface area (Å²) in [6.45, 7) is 0. The van der Waals surface area contributed by atoms with Gasteiger partial charge in [-0.3, -0.25) is 9.59 Å². The van der Waals surface area contributed by atoms with Gasteiger partial charge in [0.15, 0.2) is 11.5 Å². The SMILES string of the molecule is COc1cc(/C=N\NC(=O)C(=O)Nc2ccc(Br)cc2)ccc1OC(=O)c1ccc(Cl)cc1. The molecular formula is C23H17BrClN3O5. The van der Waals surface area contributed by atoms with Crippen LogP contribution in [0, 0.1) is 0 Å². The summed E-state index contributed by atoms with van der Waals surface area (Å²) in [4.78, 5) is 36.2. The van der Waals surface area contributed by atoms with Crippen LogP contribution in [-0.4, -0.2) is 31.1 Å². The first-order chi connectivity index (χ1) is 15.9. The van der Waals surface area contributed by atoms with E-state index in [-0.39, 0.29) is 11.5 Å². The molecule has 0 unspecified atom stereocenters. The normalized spacial score (nSPS) is 10.5. The molecule has 0 aliphatic heterocycles. The van der Waals surface area contributed by atoms with Crippen LogP contribution in [-0.2, 0) is 9.59 Å². The monoisotopic (exact) mass is 529 g/mol. The lowest BCUT2D eigenvalue weighted by atomic mass is 10.2. The van der Waals surface area contributed by atoms with Gasteiger partial charge in [-0.25, -0.2) is 10.2 Å². The van der Waals surface area contributed by atoms with E-state index in [4.69, 9.17) is 21.1 Å². The predicted molar refractivity (Wildman–Crippen MR) is 128 cm³/mol. The summed E-state index contributed by atoms with van der Waals surface area (Å²) in [7, 11) is 1.42. The lowest BCUT2D eigenvalue weighted by Crippen LogP contribution is -2.32. The van der Waals surface area contributed by atoms with E-state index in [0.29, 0.717) is 21.8 Å². The molecule has 0 saturated carbocycles. The number of esters is 1. The Morgan fingerprint density at radius 2 is 1.64 bits per heavy atom. The molecule has 0 heterocycles. The van der Waals surface area contributed by atoms with Gasteiger partial charge in [-0.05, 0) is 72.3 Å². The maximum Gasteiger partial charge on any atom is 0.343 e. The van der Waals surface area contributed by atoms with Gasteiger partial charge in [0, 0.05) is 15.2 Å². The number of nitrogens with zero attached hydrogens (tertiary/aromatic N) is 1. The van der Waals surface area contributed by atoms with Gasteiger partial charge in [-0.15, -0.1) is 0 Å². The van der Waals surface area contributed by atoms with Gasteiger partial charge < -0.3 is 14.8 Å². The molecule has 0 atom stereocenters. The number of hydrazone groups is 1. The number of carbonyl (C=O) groups excluding carboxylic acids is 3. The number of methoxy groups -OCH3 is 1. The van der Waals surface area contributed by atoms with Gasteiger partial charge >= 0.3 is 17.8 Å². The number of benzene rings is 3. The Morgan fingerprint density at radius 1 is 0.939 bits per heavy atom. The zero-order valence-corrected chi connectivity index (χ0v) is 19.5. The van der Waals surface area contributed by atoms with E-state index >= 15 is 0 Å². The molecule has 10 heteroatoms. The first-order valence-corrected chi connectivity index (χ1v) is 10.6. The van der Waals surface area contributed by atoms with Gasteiger partial charge in [-0.1, -0.05) is 27.5 Å². The van der Waals surface area contributed by atoms with Crippen LogP contribution in [0.1, 0.15) is 15.9 Å². The van der Waals surface area contributed by atoms with E-state index in [1.54, 1.807) is 60.7 Å². The molecule has 168 valence electrons. The van der Waals surface area contributed by atoms with Gasteiger partial charge in [0.2, 0.25) is 0 Å². The third kappa shape index (κ3) is 6.90.